The fraction of sp³-hybridized carbons (Fsp3) is 0.688. The van der Waals surface area contributed by atoms with Crippen LogP contribution in [0.15, 0.2) is 18.2 Å². The van der Waals surface area contributed by atoms with E-state index in [1.165, 1.54) is 12.8 Å². The molecule has 1 aliphatic rings. The van der Waals surface area contributed by atoms with E-state index in [9.17, 15) is 0 Å². The number of aromatic nitrogens is 1. The Labute approximate surface area is 128 Å². The highest BCUT2D eigenvalue weighted by Gasteiger charge is 2.22. The van der Waals surface area contributed by atoms with Crippen molar-refractivity contribution >= 4 is 0 Å². The van der Waals surface area contributed by atoms with Gasteiger partial charge in [-0.1, -0.05) is 19.4 Å². The number of rotatable bonds is 7. The molecule has 0 spiro atoms. The van der Waals surface area contributed by atoms with Crippen LogP contribution in [0.4, 0.5) is 0 Å². The zero-order valence-corrected chi connectivity index (χ0v) is 13.3. The van der Waals surface area contributed by atoms with Crippen molar-refractivity contribution in [2.24, 2.45) is 5.73 Å². The van der Waals surface area contributed by atoms with E-state index in [2.05, 4.69) is 27.8 Å². The molecule has 1 unspecified atom stereocenters. The van der Waals surface area contributed by atoms with Gasteiger partial charge in [-0.05, 0) is 12.5 Å². The molecule has 5 nitrogen and oxygen atoms in total. The molecule has 0 aliphatic carbocycles. The SMILES string of the molecule is CCCC(CN)N1CCN(Cc2cccc(OC)n2)CC1. The molecule has 2 rings (SSSR count). The first kappa shape index (κ1) is 16.2. The van der Waals surface area contributed by atoms with Gasteiger partial charge >= 0.3 is 0 Å². The normalized spacial score (nSPS) is 18.6. The smallest absolute Gasteiger partial charge is 0.213 e. The fourth-order valence-corrected chi connectivity index (χ4v) is 2.96. The second kappa shape index (κ2) is 8.32. The van der Waals surface area contributed by atoms with Crippen LogP contribution >= 0.6 is 0 Å². The van der Waals surface area contributed by atoms with Crippen LogP contribution < -0.4 is 10.5 Å². The van der Waals surface area contributed by atoms with Crippen molar-refractivity contribution in [3.63, 3.8) is 0 Å². The van der Waals surface area contributed by atoms with Crippen molar-refractivity contribution in [1.82, 2.24) is 14.8 Å². The van der Waals surface area contributed by atoms with Gasteiger partial charge < -0.3 is 10.5 Å². The average molecular weight is 292 g/mol. The van der Waals surface area contributed by atoms with Crippen molar-refractivity contribution in [3.8, 4) is 5.88 Å². The zero-order chi connectivity index (χ0) is 15.1. The topological polar surface area (TPSA) is 54.6 Å². The molecule has 118 valence electrons. The molecule has 2 N–H and O–H groups in total. The standard InChI is InChI=1S/C16H28N4O/c1-3-5-15(12-17)20-10-8-19(9-11-20)13-14-6-4-7-16(18-14)21-2/h4,6-7,15H,3,5,8-13,17H2,1-2H3. The molecule has 1 saturated heterocycles. The maximum atomic E-state index is 5.90. The van der Waals surface area contributed by atoms with E-state index >= 15 is 0 Å². The highest BCUT2D eigenvalue weighted by atomic mass is 16.5. The summed E-state index contributed by atoms with van der Waals surface area (Å²) in [5.41, 5.74) is 6.98. The molecular formula is C16H28N4O. The molecule has 0 saturated carbocycles. The van der Waals surface area contributed by atoms with Crippen LogP contribution in [-0.2, 0) is 6.54 Å². The van der Waals surface area contributed by atoms with Crippen LogP contribution in [0.5, 0.6) is 5.88 Å². The molecule has 0 amide bonds. The summed E-state index contributed by atoms with van der Waals surface area (Å²) >= 11 is 0. The summed E-state index contributed by atoms with van der Waals surface area (Å²) in [5.74, 6) is 0.692. The largest absolute Gasteiger partial charge is 0.481 e. The third-order valence-electron chi connectivity index (χ3n) is 4.19. The summed E-state index contributed by atoms with van der Waals surface area (Å²) in [6, 6.07) is 6.50. The summed E-state index contributed by atoms with van der Waals surface area (Å²) < 4.78 is 5.18. The van der Waals surface area contributed by atoms with Crippen LogP contribution in [-0.4, -0.2) is 60.7 Å². The first-order valence-corrected chi connectivity index (χ1v) is 7.93. The summed E-state index contributed by atoms with van der Waals surface area (Å²) in [6.45, 7) is 8.26. The number of pyridine rings is 1. The van der Waals surface area contributed by atoms with E-state index in [0.29, 0.717) is 11.9 Å². The van der Waals surface area contributed by atoms with Gasteiger partial charge in [-0.3, -0.25) is 9.80 Å². The van der Waals surface area contributed by atoms with Crippen LogP contribution in [0, 0.1) is 0 Å². The van der Waals surface area contributed by atoms with E-state index in [1.54, 1.807) is 7.11 Å². The molecule has 0 bridgehead atoms. The van der Waals surface area contributed by atoms with E-state index in [0.717, 1.165) is 45.0 Å². The summed E-state index contributed by atoms with van der Waals surface area (Å²) in [7, 11) is 1.66. The Hall–Kier alpha value is -1.17. The number of hydrogen-bond donors (Lipinski definition) is 1. The number of hydrogen-bond acceptors (Lipinski definition) is 5. The Balaban J connectivity index is 1.83. The molecule has 1 atom stereocenters. The van der Waals surface area contributed by atoms with Crippen molar-refractivity contribution in [1.29, 1.82) is 0 Å². The van der Waals surface area contributed by atoms with E-state index < -0.39 is 0 Å². The van der Waals surface area contributed by atoms with Crippen molar-refractivity contribution in [2.45, 2.75) is 32.4 Å². The van der Waals surface area contributed by atoms with Gasteiger partial charge in [-0.15, -0.1) is 0 Å². The highest BCUT2D eigenvalue weighted by Crippen LogP contribution is 2.13. The average Bonchev–Trinajstić information content (AvgIpc) is 2.54. The minimum atomic E-state index is 0.548. The molecular weight excluding hydrogens is 264 g/mol. The highest BCUT2D eigenvalue weighted by molar-refractivity contribution is 5.15. The number of ether oxygens (including phenoxy) is 1. The Morgan fingerprint density at radius 1 is 1.29 bits per heavy atom. The van der Waals surface area contributed by atoms with Crippen LogP contribution in [0.2, 0.25) is 0 Å². The Bertz CT molecular complexity index is 418. The first-order valence-electron chi connectivity index (χ1n) is 7.93. The lowest BCUT2D eigenvalue weighted by Crippen LogP contribution is -2.52. The molecule has 21 heavy (non-hydrogen) atoms. The quantitative estimate of drug-likeness (QED) is 0.822. The van der Waals surface area contributed by atoms with Gasteiger partial charge in [0.2, 0.25) is 5.88 Å². The second-order valence-electron chi connectivity index (χ2n) is 5.66. The minimum absolute atomic E-state index is 0.548. The third kappa shape index (κ3) is 4.66. The van der Waals surface area contributed by atoms with E-state index in [-0.39, 0.29) is 0 Å². The van der Waals surface area contributed by atoms with Crippen LogP contribution in [0.25, 0.3) is 0 Å². The molecule has 2 heterocycles. The monoisotopic (exact) mass is 292 g/mol. The summed E-state index contributed by atoms with van der Waals surface area (Å²) in [6.07, 6.45) is 2.41. The third-order valence-corrected chi connectivity index (χ3v) is 4.19. The molecule has 0 radical (unpaired) electrons. The molecule has 0 aromatic carbocycles. The van der Waals surface area contributed by atoms with Gasteiger partial charge in [0.15, 0.2) is 0 Å². The lowest BCUT2D eigenvalue weighted by molar-refractivity contribution is 0.0897. The fourth-order valence-electron chi connectivity index (χ4n) is 2.96. The maximum absolute atomic E-state index is 5.90. The molecule has 5 heteroatoms. The zero-order valence-electron chi connectivity index (χ0n) is 13.3. The Morgan fingerprint density at radius 2 is 2.05 bits per heavy atom. The number of nitrogens with zero attached hydrogens (tertiary/aromatic N) is 3. The van der Waals surface area contributed by atoms with Gasteiger partial charge in [0.1, 0.15) is 0 Å². The second-order valence-corrected chi connectivity index (χ2v) is 5.66. The summed E-state index contributed by atoms with van der Waals surface area (Å²) in [4.78, 5) is 9.48. The van der Waals surface area contributed by atoms with Crippen LogP contribution in [0.3, 0.4) is 0 Å². The number of nitrogens with two attached hydrogens (primary N) is 1. The van der Waals surface area contributed by atoms with E-state index in [4.69, 9.17) is 10.5 Å². The van der Waals surface area contributed by atoms with Gasteiger partial charge in [0.05, 0.1) is 12.8 Å². The van der Waals surface area contributed by atoms with Gasteiger partial charge in [0, 0.05) is 51.4 Å². The predicted molar refractivity (Wildman–Crippen MR) is 85.4 cm³/mol. The first-order chi connectivity index (χ1) is 10.3. The number of piperazine rings is 1. The molecule has 1 aromatic rings. The van der Waals surface area contributed by atoms with Gasteiger partial charge in [0.25, 0.3) is 0 Å². The minimum Gasteiger partial charge on any atom is -0.481 e. The molecule has 1 fully saturated rings. The predicted octanol–water partition coefficient (Wildman–Crippen LogP) is 1.34. The van der Waals surface area contributed by atoms with Gasteiger partial charge in [-0.25, -0.2) is 4.98 Å². The molecule has 1 aromatic heterocycles. The van der Waals surface area contributed by atoms with Crippen molar-refractivity contribution < 1.29 is 4.74 Å². The Kier molecular flexibility index (Phi) is 6.42. The summed E-state index contributed by atoms with van der Waals surface area (Å²) in [5, 5.41) is 0. The lowest BCUT2D eigenvalue weighted by atomic mass is 10.1. The van der Waals surface area contributed by atoms with Crippen LogP contribution in [0.1, 0.15) is 25.5 Å². The van der Waals surface area contributed by atoms with Gasteiger partial charge in [-0.2, -0.15) is 0 Å². The van der Waals surface area contributed by atoms with E-state index in [1.807, 2.05) is 12.1 Å². The Morgan fingerprint density at radius 3 is 2.67 bits per heavy atom. The van der Waals surface area contributed by atoms with Crippen molar-refractivity contribution in [3.05, 3.63) is 23.9 Å². The molecule has 1 aliphatic heterocycles. The van der Waals surface area contributed by atoms with Crippen molar-refractivity contribution in [2.75, 3.05) is 39.8 Å². The maximum Gasteiger partial charge on any atom is 0.213 e. The number of methoxy groups -OCH3 is 1. The lowest BCUT2D eigenvalue weighted by Gasteiger charge is -2.38.